The van der Waals surface area contributed by atoms with Crippen LogP contribution in [0.15, 0.2) is 18.2 Å². The van der Waals surface area contributed by atoms with Gasteiger partial charge in [0.05, 0.1) is 5.56 Å². The Balaban J connectivity index is 3.22. The van der Waals surface area contributed by atoms with Crippen LogP contribution in [-0.2, 0) is 10.3 Å². The van der Waals surface area contributed by atoms with E-state index in [0.717, 1.165) is 4.31 Å². The molecule has 94 valence electrons. The van der Waals surface area contributed by atoms with Crippen LogP contribution in [0.4, 0.5) is 0 Å². The normalized spacial score (nSPS) is 11.6. The van der Waals surface area contributed by atoms with Gasteiger partial charge < -0.3 is 4.18 Å². The Morgan fingerprint density at radius 1 is 1.35 bits per heavy atom. The molecule has 1 aromatic rings. The first-order chi connectivity index (χ1) is 7.74. The summed E-state index contributed by atoms with van der Waals surface area (Å²) in [5.74, 6) is -0.371. The number of hydrogen-bond donors (Lipinski definition) is 0. The molecule has 0 radical (unpaired) electrons. The predicted octanol–water partition coefficient (Wildman–Crippen LogP) is 1.73. The molecule has 0 heterocycles. The topological polar surface area (TPSA) is 63.7 Å². The van der Waals surface area contributed by atoms with Gasteiger partial charge in [0.15, 0.2) is 11.5 Å². The minimum atomic E-state index is -3.90. The largest absolute Gasteiger partial charge is 0.384 e. The Bertz CT molecular complexity index is 539. The van der Waals surface area contributed by atoms with Crippen molar-refractivity contribution in [2.24, 2.45) is 0 Å². The van der Waals surface area contributed by atoms with Gasteiger partial charge >= 0.3 is 10.3 Å². The fraction of sp³-hybridized carbons (Fsp3) is 0.300. The molecule has 0 aromatic heterocycles. The molecule has 0 aliphatic heterocycles. The van der Waals surface area contributed by atoms with E-state index in [2.05, 4.69) is 0 Å². The first-order valence-corrected chi connectivity index (χ1v) is 6.41. The van der Waals surface area contributed by atoms with Gasteiger partial charge in [-0.1, -0.05) is 11.6 Å². The average Bonchev–Trinajstić information content (AvgIpc) is 2.15. The van der Waals surface area contributed by atoms with Gasteiger partial charge in [-0.25, -0.2) is 0 Å². The lowest BCUT2D eigenvalue weighted by Gasteiger charge is -2.14. The molecule has 0 saturated heterocycles. The summed E-state index contributed by atoms with van der Waals surface area (Å²) < 4.78 is 28.8. The zero-order valence-corrected chi connectivity index (χ0v) is 11.2. The monoisotopic (exact) mass is 277 g/mol. The summed E-state index contributed by atoms with van der Waals surface area (Å²) in [7, 11) is -1.25. The van der Waals surface area contributed by atoms with Crippen molar-refractivity contribution in [2.75, 3.05) is 14.1 Å². The molecule has 1 aromatic carbocycles. The van der Waals surface area contributed by atoms with Crippen LogP contribution in [0.2, 0.25) is 5.02 Å². The summed E-state index contributed by atoms with van der Waals surface area (Å²) in [5.41, 5.74) is 0.167. The third-order valence-corrected chi connectivity index (χ3v) is 3.48. The van der Waals surface area contributed by atoms with Crippen LogP contribution in [-0.4, -0.2) is 32.6 Å². The highest BCUT2D eigenvalue weighted by atomic mass is 35.5. The molecule has 0 atom stereocenters. The zero-order valence-electron chi connectivity index (χ0n) is 9.60. The number of Topliss-reactive ketones (excluding diaryl/α,β-unsaturated/α-hetero) is 1. The van der Waals surface area contributed by atoms with Crippen LogP contribution >= 0.6 is 11.6 Å². The SMILES string of the molecule is CC(=O)c1ccc(Cl)cc1OS(=O)(=O)N(C)C. The molecular weight excluding hydrogens is 266 g/mol. The van der Waals surface area contributed by atoms with Gasteiger partial charge in [-0.15, -0.1) is 0 Å². The highest BCUT2D eigenvalue weighted by Crippen LogP contribution is 2.25. The number of rotatable bonds is 4. The van der Waals surface area contributed by atoms with Gasteiger partial charge in [0.25, 0.3) is 0 Å². The van der Waals surface area contributed by atoms with Gasteiger partial charge in [-0.2, -0.15) is 12.7 Å². The smallest absolute Gasteiger partial charge is 0.370 e. The molecule has 5 nitrogen and oxygen atoms in total. The van der Waals surface area contributed by atoms with E-state index in [1.807, 2.05) is 0 Å². The lowest BCUT2D eigenvalue weighted by Crippen LogP contribution is -2.27. The molecule has 0 fully saturated rings. The summed E-state index contributed by atoms with van der Waals surface area (Å²) in [6.07, 6.45) is 0. The second kappa shape index (κ2) is 5.03. The summed E-state index contributed by atoms with van der Waals surface area (Å²) in [6.45, 7) is 1.32. The Morgan fingerprint density at radius 2 is 1.94 bits per heavy atom. The molecule has 0 amide bonds. The van der Waals surface area contributed by atoms with Gasteiger partial charge in [-0.05, 0) is 19.1 Å². The summed E-state index contributed by atoms with van der Waals surface area (Å²) in [6, 6.07) is 4.21. The second-order valence-electron chi connectivity index (χ2n) is 3.52. The molecule has 17 heavy (non-hydrogen) atoms. The summed E-state index contributed by atoms with van der Waals surface area (Å²) in [5, 5.41) is 0.291. The highest BCUT2D eigenvalue weighted by Gasteiger charge is 2.19. The molecule has 0 aliphatic carbocycles. The van der Waals surface area contributed by atoms with Crippen molar-refractivity contribution >= 4 is 27.7 Å². The second-order valence-corrected chi connectivity index (χ2v) is 5.71. The van der Waals surface area contributed by atoms with Crippen LogP contribution in [0.1, 0.15) is 17.3 Å². The van der Waals surface area contributed by atoms with Crippen molar-refractivity contribution in [2.45, 2.75) is 6.92 Å². The summed E-state index contributed by atoms with van der Waals surface area (Å²) in [4.78, 5) is 11.3. The van der Waals surface area contributed by atoms with E-state index in [9.17, 15) is 13.2 Å². The van der Waals surface area contributed by atoms with E-state index in [-0.39, 0.29) is 17.1 Å². The number of halogens is 1. The first kappa shape index (κ1) is 14.0. The molecule has 1 rings (SSSR count). The number of benzene rings is 1. The fourth-order valence-electron chi connectivity index (χ4n) is 1.04. The molecule has 0 unspecified atom stereocenters. The lowest BCUT2D eigenvalue weighted by atomic mass is 10.1. The molecule has 0 spiro atoms. The first-order valence-electron chi connectivity index (χ1n) is 4.66. The van der Waals surface area contributed by atoms with E-state index in [1.165, 1.54) is 39.2 Å². The van der Waals surface area contributed by atoms with Crippen molar-refractivity contribution < 1.29 is 17.4 Å². The Morgan fingerprint density at radius 3 is 2.41 bits per heavy atom. The van der Waals surface area contributed by atoms with Gasteiger partial charge in [0.2, 0.25) is 0 Å². The van der Waals surface area contributed by atoms with Gasteiger partial charge in [-0.3, -0.25) is 4.79 Å². The number of carbonyl (C=O) groups excluding carboxylic acids is 1. The maximum absolute atomic E-state index is 11.5. The lowest BCUT2D eigenvalue weighted by molar-refractivity contribution is 0.101. The van der Waals surface area contributed by atoms with E-state index in [0.29, 0.717) is 5.02 Å². The van der Waals surface area contributed by atoms with Crippen LogP contribution in [0.5, 0.6) is 5.75 Å². The van der Waals surface area contributed by atoms with E-state index in [4.69, 9.17) is 15.8 Å². The van der Waals surface area contributed by atoms with Crippen molar-refractivity contribution in [1.82, 2.24) is 4.31 Å². The van der Waals surface area contributed by atoms with E-state index >= 15 is 0 Å². The van der Waals surface area contributed by atoms with Crippen LogP contribution in [0, 0.1) is 0 Å². The van der Waals surface area contributed by atoms with Crippen LogP contribution in [0.25, 0.3) is 0 Å². The Kier molecular flexibility index (Phi) is 4.13. The average molecular weight is 278 g/mol. The molecular formula is C10H12ClNO4S. The fourth-order valence-corrected chi connectivity index (χ4v) is 1.72. The van der Waals surface area contributed by atoms with Crippen LogP contribution in [0.3, 0.4) is 0 Å². The third kappa shape index (κ3) is 3.42. The third-order valence-electron chi connectivity index (χ3n) is 1.97. The number of ketones is 1. The minimum absolute atomic E-state index is 0.0706. The summed E-state index contributed by atoms with van der Waals surface area (Å²) >= 11 is 5.73. The standard InChI is InChI=1S/C10H12ClNO4S/c1-7(13)9-5-4-8(11)6-10(9)16-17(14,15)12(2)3/h4-6H,1-3H3. The highest BCUT2D eigenvalue weighted by molar-refractivity contribution is 7.84. The number of carbonyl (C=O) groups is 1. The van der Waals surface area contributed by atoms with E-state index in [1.54, 1.807) is 0 Å². The van der Waals surface area contributed by atoms with Crippen molar-refractivity contribution in [3.05, 3.63) is 28.8 Å². The quantitative estimate of drug-likeness (QED) is 0.786. The maximum Gasteiger partial charge on any atom is 0.384 e. The molecule has 0 N–H and O–H groups in total. The Hall–Kier alpha value is -1.11. The van der Waals surface area contributed by atoms with Crippen molar-refractivity contribution in [1.29, 1.82) is 0 Å². The predicted molar refractivity (Wildman–Crippen MR) is 64.7 cm³/mol. The van der Waals surface area contributed by atoms with Crippen LogP contribution < -0.4 is 4.18 Å². The van der Waals surface area contributed by atoms with Gasteiger partial charge in [0.1, 0.15) is 0 Å². The van der Waals surface area contributed by atoms with E-state index < -0.39 is 10.3 Å². The molecule has 0 bridgehead atoms. The zero-order chi connectivity index (χ0) is 13.2. The number of nitrogens with zero attached hydrogens (tertiary/aromatic N) is 1. The van der Waals surface area contributed by atoms with Crippen molar-refractivity contribution in [3.63, 3.8) is 0 Å². The molecule has 0 saturated carbocycles. The number of hydrogen-bond acceptors (Lipinski definition) is 4. The maximum atomic E-state index is 11.5. The molecule has 7 heteroatoms. The Labute approximate surface area is 105 Å². The van der Waals surface area contributed by atoms with Gasteiger partial charge in [0, 0.05) is 25.2 Å². The molecule has 0 aliphatic rings. The minimum Gasteiger partial charge on any atom is -0.370 e. The van der Waals surface area contributed by atoms with Crippen molar-refractivity contribution in [3.8, 4) is 5.75 Å².